The van der Waals surface area contributed by atoms with Crippen LogP contribution >= 0.6 is 24.0 Å². The number of amides is 1. The molecule has 1 amide bonds. The first-order valence-corrected chi connectivity index (χ1v) is 10.3. The number of aliphatic imine (C=N–C) groups is 1. The van der Waals surface area contributed by atoms with Gasteiger partial charge < -0.3 is 16.0 Å². The summed E-state index contributed by atoms with van der Waals surface area (Å²) in [6.07, 6.45) is 5.39. The minimum Gasteiger partial charge on any atom is -0.354 e. The Hall–Kier alpha value is -2.17. The number of aromatic nitrogens is 3. The van der Waals surface area contributed by atoms with Gasteiger partial charge in [0.05, 0.1) is 0 Å². The van der Waals surface area contributed by atoms with E-state index in [1.165, 1.54) is 6.33 Å². The van der Waals surface area contributed by atoms with Gasteiger partial charge in [0.15, 0.2) is 11.8 Å². The zero-order valence-corrected chi connectivity index (χ0v) is 20.1. The first kappa shape index (κ1) is 24.1. The number of hydrogen-bond donors (Lipinski definition) is 4. The smallest absolute Gasteiger partial charge is 0.223 e. The second kappa shape index (κ2) is 11.9. The molecule has 3 rings (SSSR count). The largest absolute Gasteiger partial charge is 0.354 e. The van der Waals surface area contributed by atoms with E-state index in [4.69, 9.17) is 0 Å². The minimum atomic E-state index is 0. The van der Waals surface area contributed by atoms with Crippen molar-refractivity contribution < 1.29 is 4.79 Å². The minimum absolute atomic E-state index is 0. The third-order valence-electron chi connectivity index (χ3n) is 5.12. The van der Waals surface area contributed by atoms with Gasteiger partial charge in [-0.3, -0.25) is 14.9 Å². The van der Waals surface area contributed by atoms with E-state index in [-0.39, 0.29) is 47.9 Å². The van der Waals surface area contributed by atoms with Crippen molar-refractivity contribution in [2.75, 3.05) is 7.05 Å². The Morgan fingerprint density at radius 3 is 2.87 bits per heavy atom. The lowest BCUT2D eigenvalue weighted by Gasteiger charge is -2.30. The van der Waals surface area contributed by atoms with Gasteiger partial charge in [0.2, 0.25) is 5.91 Å². The fourth-order valence-electron chi connectivity index (χ4n) is 3.71. The van der Waals surface area contributed by atoms with E-state index < -0.39 is 0 Å². The molecule has 0 saturated heterocycles. The molecule has 2 atom stereocenters. The summed E-state index contributed by atoms with van der Waals surface area (Å²) in [6.45, 7) is 4.64. The molecule has 9 heteroatoms. The van der Waals surface area contributed by atoms with Gasteiger partial charge in [0.1, 0.15) is 6.33 Å². The van der Waals surface area contributed by atoms with E-state index in [1.54, 1.807) is 7.05 Å². The lowest BCUT2D eigenvalue weighted by Crippen LogP contribution is -2.47. The zero-order valence-electron chi connectivity index (χ0n) is 17.8. The number of rotatable bonds is 6. The number of nitrogens with one attached hydrogen (secondary N) is 4. The van der Waals surface area contributed by atoms with Crippen LogP contribution in [0, 0.1) is 5.92 Å². The molecular formula is C21H32IN7O. The van der Waals surface area contributed by atoms with E-state index in [0.717, 1.165) is 48.6 Å². The molecule has 1 heterocycles. The van der Waals surface area contributed by atoms with Crippen LogP contribution in [0.4, 0.5) is 0 Å². The molecule has 1 aliphatic carbocycles. The number of H-pyrrole nitrogens is 1. The van der Waals surface area contributed by atoms with Crippen LogP contribution in [0.1, 0.15) is 45.1 Å². The van der Waals surface area contributed by atoms with Gasteiger partial charge in [-0.1, -0.05) is 24.6 Å². The fourth-order valence-corrected chi connectivity index (χ4v) is 3.71. The molecule has 1 aliphatic rings. The topological polar surface area (TPSA) is 107 Å². The third-order valence-corrected chi connectivity index (χ3v) is 5.12. The first-order valence-electron chi connectivity index (χ1n) is 10.3. The number of carbonyl (C=O) groups is 1. The highest BCUT2D eigenvalue weighted by molar-refractivity contribution is 14.0. The summed E-state index contributed by atoms with van der Waals surface area (Å²) in [5.41, 5.74) is 2.12. The van der Waals surface area contributed by atoms with Crippen molar-refractivity contribution in [3.8, 4) is 11.4 Å². The van der Waals surface area contributed by atoms with Gasteiger partial charge in [0, 0.05) is 37.2 Å². The molecule has 30 heavy (non-hydrogen) atoms. The standard InChI is InChI=1S/C21H31N7O.HI/c1-14(2)26-20(29)17-8-5-9-18(11-17)27-21(22-3)23-12-15-6-4-7-16(10-15)19-24-13-25-28-19;/h4,6-7,10,13-14,17-18H,5,8-9,11-12H2,1-3H3,(H,26,29)(H2,22,23,27)(H,24,25,28);1H. The molecule has 2 aromatic rings. The monoisotopic (exact) mass is 525 g/mol. The van der Waals surface area contributed by atoms with Crippen LogP contribution < -0.4 is 16.0 Å². The summed E-state index contributed by atoms with van der Waals surface area (Å²) in [7, 11) is 1.77. The van der Waals surface area contributed by atoms with Crippen LogP contribution in [0.5, 0.6) is 0 Å². The Labute approximate surface area is 195 Å². The quantitative estimate of drug-likeness (QED) is 0.264. The molecule has 8 nitrogen and oxygen atoms in total. The average molecular weight is 525 g/mol. The van der Waals surface area contributed by atoms with Crippen molar-refractivity contribution in [2.24, 2.45) is 10.9 Å². The van der Waals surface area contributed by atoms with Gasteiger partial charge in [-0.05, 0) is 44.7 Å². The lowest BCUT2D eigenvalue weighted by atomic mass is 9.85. The number of halogens is 1. The maximum Gasteiger partial charge on any atom is 0.223 e. The highest BCUT2D eigenvalue weighted by atomic mass is 127. The van der Waals surface area contributed by atoms with E-state index in [9.17, 15) is 4.79 Å². The van der Waals surface area contributed by atoms with Crippen LogP contribution in [0.2, 0.25) is 0 Å². The number of hydrogen-bond acceptors (Lipinski definition) is 4. The van der Waals surface area contributed by atoms with Crippen molar-refractivity contribution in [2.45, 2.75) is 58.2 Å². The summed E-state index contributed by atoms with van der Waals surface area (Å²) in [4.78, 5) is 20.9. The van der Waals surface area contributed by atoms with Crippen LogP contribution in [-0.2, 0) is 11.3 Å². The molecule has 1 aromatic carbocycles. The van der Waals surface area contributed by atoms with Crippen LogP contribution in [0.3, 0.4) is 0 Å². The molecule has 1 aromatic heterocycles. The molecular weight excluding hydrogens is 493 g/mol. The predicted octanol–water partition coefficient (Wildman–Crippen LogP) is 2.84. The molecule has 0 aliphatic heterocycles. The average Bonchev–Trinajstić information content (AvgIpc) is 3.26. The molecule has 2 unspecified atom stereocenters. The maximum absolute atomic E-state index is 12.4. The van der Waals surface area contributed by atoms with Crippen molar-refractivity contribution in [1.29, 1.82) is 0 Å². The van der Waals surface area contributed by atoms with Crippen LogP contribution in [0.15, 0.2) is 35.6 Å². The Kier molecular flexibility index (Phi) is 9.54. The fraction of sp³-hybridized carbons (Fsp3) is 0.524. The summed E-state index contributed by atoms with van der Waals surface area (Å²) >= 11 is 0. The van der Waals surface area contributed by atoms with Crippen molar-refractivity contribution >= 4 is 35.8 Å². The van der Waals surface area contributed by atoms with E-state index in [2.05, 4.69) is 48.3 Å². The summed E-state index contributed by atoms with van der Waals surface area (Å²) in [5.74, 6) is 1.74. The van der Waals surface area contributed by atoms with Crippen LogP contribution in [-0.4, -0.2) is 46.2 Å². The number of benzene rings is 1. The third kappa shape index (κ3) is 6.96. The van der Waals surface area contributed by atoms with Crippen molar-refractivity contribution in [3.63, 3.8) is 0 Å². The van der Waals surface area contributed by atoms with Crippen molar-refractivity contribution in [3.05, 3.63) is 36.2 Å². The Bertz CT molecular complexity index is 823. The molecule has 4 N–H and O–H groups in total. The van der Waals surface area contributed by atoms with E-state index in [0.29, 0.717) is 6.54 Å². The predicted molar refractivity (Wildman–Crippen MR) is 130 cm³/mol. The van der Waals surface area contributed by atoms with E-state index >= 15 is 0 Å². The molecule has 1 fully saturated rings. The van der Waals surface area contributed by atoms with Gasteiger partial charge in [0.25, 0.3) is 0 Å². The van der Waals surface area contributed by atoms with Gasteiger partial charge >= 0.3 is 0 Å². The normalized spacial score (nSPS) is 19.1. The van der Waals surface area contributed by atoms with Gasteiger partial charge in [-0.25, -0.2) is 4.98 Å². The summed E-state index contributed by atoms with van der Waals surface area (Å²) in [6, 6.07) is 8.57. The molecule has 0 radical (unpaired) electrons. The lowest BCUT2D eigenvalue weighted by molar-refractivity contribution is -0.126. The Morgan fingerprint density at radius 2 is 2.17 bits per heavy atom. The van der Waals surface area contributed by atoms with Crippen molar-refractivity contribution in [1.82, 2.24) is 31.1 Å². The van der Waals surface area contributed by atoms with Gasteiger partial charge in [-0.15, -0.1) is 24.0 Å². The van der Waals surface area contributed by atoms with E-state index in [1.807, 2.05) is 26.0 Å². The highest BCUT2D eigenvalue weighted by Gasteiger charge is 2.27. The summed E-state index contributed by atoms with van der Waals surface area (Å²) in [5, 5.41) is 16.7. The van der Waals surface area contributed by atoms with Gasteiger partial charge in [-0.2, -0.15) is 5.10 Å². The molecule has 0 bridgehead atoms. The number of nitrogens with zero attached hydrogens (tertiary/aromatic N) is 3. The van der Waals surface area contributed by atoms with Crippen LogP contribution in [0.25, 0.3) is 11.4 Å². The molecule has 1 saturated carbocycles. The first-order chi connectivity index (χ1) is 14.0. The number of aromatic amines is 1. The highest BCUT2D eigenvalue weighted by Crippen LogP contribution is 2.24. The molecule has 0 spiro atoms. The second-order valence-electron chi connectivity index (χ2n) is 7.83. The summed E-state index contributed by atoms with van der Waals surface area (Å²) < 4.78 is 0. The zero-order chi connectivity index (χ0) is 20.6. The SMILES string of the molecule is CN=C(NCc1cccc(-c2ncn[nH]2)c1)NC1CCCC(C(=O)NC(C)C)C1.I. The number of carbonyl (C=O) groups excluding carboxylic acids is 1. The number of guanidine groups is 1. The molecule has 164 valence electrons. The Morgan fingerprint density at radius 1 is 1.33 bits per heavy atom. The maximum atomic E-state index is 12.4. The Balaban J connectivity index is 0.00000320. The second-order valence-corrected chi connectivity index (χ2v) is 7.83.